The molecule has 1 fully saturated rings. The number of hydrogen-bond acceptors (Lipinski definition) is 7. The van der Waals surface area contributed by atoms with Crippen LogP contribution in [0.25, 0.3) is 11.1 Å². The highest BCUT2D eigenvalue weighted by molar-refractivity contribution is 5.99. The van der Waals surface area contributed by atoms with Crippen molar-refractivity contribution in [2.45, 2.75) is 39.8 Å². The molecule has 2 aromatic rings. The molecule has 188 valence electrons. The van der Waals surface area contributed by atoms with Crippen LogP contribution in [0, 0.1) is 12.7 Å². The van der Waals surface area contributed by atoms with E-state index in [1.807, 2.05) is 11.0 Å². The molecule has 0 radical (unpaired) electrons. The summed E-state index contributed by atoms with van der Waals surface area (Å²) in [4.78, 5) is 28.6. The number of ether oxygens (including phenoxy) is 4. The number of carbonyl (C=O) groups is 2. The van der Waals surface area contributed by atoms with Gasteiger partial charge in [-0.1, -0.05) is 18.2 Å². The number of morpholine rings is 1. The molecule has 0 aromatic heterocycles. The molecule has 0 N–H and O–H groups in total. The number of rotatable bonds is 3. The summed E-state index contributed by atoms with van der Waals surface area (Å²) in [7, 11) is 1.29. The van der Waals surface area contributed by atoms with Crippen LogP contribution in [0.4, 0.5) is 14.9 Å². The first kappa shape index (κ1) is 24.8. The number of nitrogens with zero attached hydrogens (tertiary/aromatic N) is 2. The molecule has 0 atom stereocenters. The van der Waals surface area contributed by atoms with Crippen LogP contribution in [0.2, 0.25) is 0 Å². The van der Waals surface area contributed by atoms with Gasteiger partial charge in [-0.3, -0.25) is 4.90 Å². The standard InChI is InChI=1S/C26H31FN2O6/c1-16-21(24(30)32-5)20(28-9-11-33-12-10-28)13-19(22(16)27)18-8-6-7-17-14-29(15-34-23(17)18)25(31)35-26(2,3)4/h6-8,13H,9-12,14-15H2,1-5H3. The first-order valence-electron chi connectivity index (χ1n) is 11.6. The van der Waals surface area contributed by atoms with E-state index >= 15 is 4.39 Å². The van der Waals surface area contributed by atoms with Gasteiger partial charge in [-0.05, 0) is 33.8 Å². The third-order valence-corrected chi connectivity index (χ3v) is 5.98. The Balaban J connectivity index is 1.76. The molecule has 0 bridgehead atoms. The number of halogens is 1. The number of fused-ring (bicyclic) bond motifs is 1. The van der Waals surface area contributed by atoms with Crippen molar-refractivity contribution in [1.29, 1.82) is 0 Å². The van der Waals surface area contributed by atoms with Crippen LogP contribution in [0.1, 0.15) is 42.3 Å². The zero-order valence-corrected chi connectivity index (χ0v) is 20.8. The van der Waals surface area contributed by atoms with Crippen LogP contribution in [-0.4, -0.2) is 62.7 Å². The highest BCUT2D eigenvalue weighted by atomic mass is 19.1. The molecule has 8 nitrogen and oxygen atoms in total. The fourth-order valence-corrected chi connectivity index (χ4v) is 4.31. The van der Waals surface area contributed by atoms with E-state index in [4.69, 9.17) is 18.9 Å². The average molecular weight is 487 g/mol. The van der Waals surface area contributed by atoms with Crippen molar-refractivity contribution >= 4 is 17.7 Å². The van der Waals surface area contributed by atoms with Gasteiger partial charge in [0.25, 0.3) is 0 Å². The lowest BCUT2D eigenvalue weighted by atomic mass is 9.94. The molecule has 4 rings (SSSR count). The van der Waals surface area contributed by atoms with Gasteiger partial charge in [-0.15, -0.1) is 0 Å². The second kappa shape index (κ2) is 9.73. The van der Waals surface area contributed by atoms with Crippen molar-refractivity contribution in [2.24, 2.45) is 0 Å². The van der Waals surface area contributed by atoms with Gasteiger partial charge in [0.2, 0.25) is 0 Å². The van der Waals surface area contributed by atoms with Crippen LogP contribution < -0.4 is 9.64 Å². The molecule has 9 heteroatoms. The van der Waals surface area contributed by atoms with Crippen LogP contribution in [-0.2, 0) is 20.8 Å². The SMILES string of the molecule is COC(=O)c1c(N2CCOCC2)cc(-c2cccc3c2OCN(C(=O)OC(C)(C)C)C3)c(F)c1C. The van der Waals surface area contributed by atoms with E-state index in [0.29, 0.717) is 48.9 Å². The lowest BCUT2D eigenvalue weighted by Crippen LogP contribution is -2.40. The van der Waals surface area contributed by atoms with E-state index < -0.39 is 23.5 Å². The van der Waals surface area contributed by atoms with Gasteiger partial charge in [0, 0.05) is 35.3 Å². The molecule has 2 aromatic carbocycles. The third-order valence-electron chi connectivity index (χ3n) is 5.98. The van der Waals surface area contributed by atoms with Crippen molar-refractivity contribution < 1.29 is 32.9 Å². The molecule has 1 saturated heterocycles. The molecule has 0 unspecified atom stereocenters. The Hall–Kier alpha value is -3.33. The fourth-order valence-electron chi connectivity index (χ4n) is 4.31. The number of anilines is 1. The summed E-state index contributed by atoms with van der Waals surface area (Å²) in [5, 5.41) is 0. The smallest absolute Gasteiger partial charge is 0.413 e. The highest BCUT2D eigenvalue weighted by Crippen LogP contribution is 2.41. The van der Waals surface area contributed by atoms with E-state index in [2.05, 4.69) is 0 Å². The van der Waals surface area contributed by atoms with Gasteiger partial charge in [0.15, 0.2) is 6.73 Å². The number of carbonyl (C=O) groups excluding carboxylic acids is 2. The largest absolute Gasteiger partial charge is 0.472 e. The molecule has 1 amide bonds. The van der Waals surface area contributed by atoms with Crippen molar-refractivity contribution in [3.8, 4) is 16.9 Å². The van der Waals surface area contributed by atoms with E-state index in [1.54, 1.807) is 45.9 Å². The van der Waals surface area contributed by atoms with Crippen molar-refractivity contribution in [3.63, 3.8) is 0 Å². The second-order valence-electron chi connectivity index (χ2n) is 9.59. The van der Waals surface area contributed by atoms with E-state index in [-0.39, 0.29) is 24.4 Å². The van der Waals surface area contributed by atoms with Crippen LogP contribution in [0.3, 0.4) is 0 Å². The van der Waals surface area contributed by atoms with Crippen LogP contribution in [0.5, 0.6) is 5.75 Å². The molecule has 0 spiro atoms. The summed E-state index contributed by atoms with van der Waals surface area (Å²) >= 11 is 0. The van der Waals surface area contributed by atoms with Gasteiger partial charge in [-0.2, -0.15) is 0 Å². The molecular formula is C26H31FN2O6. The molecule has 0 saturated carbocycles. The zero-order chi connectivity index (χ0) is 25.3. The summed E-state index contributed by atoms with van der Waals surface area (Å²) in [6, 6.07) is 7.10. The summed E-state index contributed by atoms with van der Waals surface area (Å²) in [6.07, 6.45) is -0.479. The number of esters is 1. The summed E-state index contributed by atoms with van der Waals surface area (Å²) in [5.41, 5.74) is 1.99. The number of amides is 1. The Morgan fingerprint density at radius 1 is 1.11 bits per heavy atom. The minimum atomic E-state index is -0.628. The third kappa shape index (κ3) is 5.05. The second-order valence-corrected chi connectivity index (χ2v) is 9.59. The lowest BCUT2D eigenvalue weighted by Gasteiger charge is -2.33. The van der Waals surface area contributed by atoms with Gasteiger partial charge in [0.1, 0.15) is 17.2 Å². The number of benzene rings is 2. The Kier molecular flexibility index (Phi) is 6.89. The number of para-hydroxylation sites is 1. The quantitative estimate of drug-likeness (QED) is 0.591. The Labute approximate surface area is 204 Å². The molecule has 35 heavy (non-hydrogen) atoms. The van der Waals surface area contributed by atoms with Gasteiger partial charge >= 0.3 is 12.1 Å². The van der Waals surface area contributed by atoms with Crippen molar-refractivity contribution in [2.75, 3.05) is 45.0 Å². The number of hydrogen-bond donors (Lipinski definition) is 0. The Bertz CT molecular complexity index is 1140. The van der Waals surface area contributed by atoms with Gasteiger partial charge in [-0.25, -0.2) is 14.0 Å². The fraction of sp³-hybridized carbons (Fsp3) is 0.462. The Morgan fingerprint density at radius 2 is 1.83 bits per heavy atom. The molecular weight excluding hydrogens is 455 g/mol. The van der Waals surface area contributed by atoms with E-state index in [9.17, 15) is 9.59 Å². The van der Waals surface area contributed by atoms with Crippen LogP contribution >= 0.6 is 0 Å². The maximum absolute atomic E-state index is 15.8. The summed E-state index contributed by atoms with van der Waals surface area (Å²) in [6.45, 7) is 9.41. The predicted octanol–water partition coefficient (Wildman–Crippen LogP) is 4.51. The van der Waals surface area contributed by atoms with Gasteiger partial charge in [0.05, 0.1) is 38.1 Å². The summed E-state index contributed by atoms with van der Waals surface area (Å²) in [5.74, 6) is -0.605. The topological polar surface area (TPSA) is 77.5 Å². The summed E-state index contributed by atoms with van der Waals surface area (Å²) < 4.78 is 37.6. The van der Waals surface area contributed by atoms with Crippen molar-refractivity contribution in [1.82, 2.24) is 4.90 Å². The van der Waals surface area contributed by atoms with E-state index in [1.165, 1.54) is 12.0 Å². The van der Waals surface area contributed by atoms with E-state index in [0.717, 1.165) is 5.56 Å². The molecule has 2 aliphatic rings. The van der Waals surface area contributed by atoms with Crippen LogP contribution in [0.15, 0.2) is 24.3 Å². The van der Waals surface area contributed by atoms with Gasteiger partial charge < -0.3 is 23.8 Å². The first-order valence-corrected chi connectivity index (χ1v) is 11.6. The molecule has 2 heterocycles. The first-order chi connectivity index (χ1) is 16.6. The lowest BCUT2D eigenvalue weighted by molar-refractivity contribution is 0.00247. The Morgan fingerprint density at radius 3 is 2.49 bits per heavy atom. The van der Waals surface area contributed by atoms with Crippen molar-refractivity contribution in [3.05, 3.63) is 46.8 Å². The monoisotopic (exact) mass is 486 g/mol. The average Bonchev–Trinajstić information content (AvgIpc) is 2.84. The molecule has 2 aliphatic heterocycles. The maximum atomic E-state index is 15.8. The normalized spacial score (nSPS) is 15.8. The molecule has 0 aliphatic carbocycles. The minimum Gasteiger partial charge on any atom is -0.472 e. The maximum Gasteiger partial charge on any atom is 0.413 e. The highest BCUT2D eigenvalue weighted by Gasteiger charge is 2.31. The predicted molar refractivity (Wildman–Crippen MR) is 128 cm³/mol. The number of methoxy groups -OCH3 is 1. The minimum absolute atomic E-state index is 0.0178. The zero-order valence-electron chi connectivity index (χ0n) is 20.8.